The van der Waals surface area contributed by atoms with Gasteiger partial charge in [-0.2, -0.15) is 0 Å². The van der Waals surface area contributed by atoms with Gasteiger partial charge in [-0.15, -0.1) is 0 Å². The van der Waals surface area contributed by atoms with Gasteiger partial charge in [-0.05, 0) is 18.6 Å². The third-order valence-corrected chi connectivity index (χ3v) is 5.37. The Morgan fingerprint density at radius 3 is 2.69 bits per heavy atom. The Balaban J connectivity index is 1.70. The van der Waals surface area contributed by atoms with Crippen molar-refractivity contribution in [2.75, 3.05) is 12.3 Å². The first-order valence-corrected chi connectivity index (χ1v) is 9.63. The fraction of sp³-hybridized carbons (Fsp3) is 0.421. The molecule has 1 amide bonds. The summed E-state index contributed by atoms with van der Waals surface area (Å²) in [6, 6.07) is 7.54. The van der Waals surface area contributed by atoms with Crippen LogP contribution in [0.4, 0.5) is 0 Å². The molecule has 1 aliphatic rings. The Kier molecular flexibility index (Phi) is 5.09. The van der Waals surface area contributed by atoms with Gasteiger partial charge in [0, 0.05) is 24.6 Å². The summed E-state index contributed by atoms with van der Waals surface area (Å²) < 4.78 is 1.69. The highest BCUT2D eigenvalue weighted by Gasteiger charge is 2.29. The van der Waals surface area contributed by atoms with E-state index in [0.29, 0.717) is 30.3 Å². The van der Waals surface area contributed by atoms with Gasteiger partial charge < -0.3 is 9.88 Å². The smallest absolute Gasteiger partial charge is 0.306 e. The van der Waals surface area contributed by atoms with Gasteiger partial charge in [0.2, 0.25) is 5.91 Å². The molecule has 3 rings (SSSR count). The largest absolute Gasteiger partial charge is 0.326 e. The number of aromatic amines is 1. The average molecular weight is 373 g/mol. The fourth-order valence-electron chi connectivity index (χ4n) is 2.81. The Morgan fingerprint density at radius 2 is 1.96 bits per heavy atom. The zero-order valence-corrected chi connectivity index (χ0v) is 16.1. The van der Waals surface area contributed by atoms with Crippen molar-refractivity contribution in [1.82, 2.24) is 14.5 Å². The lowest BCUT2D eigenvalue weighted by atomic mass is 9.91. The van der Waals surface area contributed by atoms with E-state index in [9.17, 15) is 14.4 Å². The molecule has 138 valence electrons. The van der Waals surface area contributed by atoms with E-state index in [0.717, 1.165) is 11.0 Å². The van der Waals surface area contributed by atoms with Gasteiger partial charge in [-0.3, -0.25) is 14.2 Å². The number of carbonyl (C=O) groups excluding carboxylic acids is 2. The standard InChI is InChI=1S/C19H23N3O3S/c1-19(2,3)15(23)11-17-22(16(24)12-26-17)10-6-9-21-14-8-5-4-7-13(14)20-18(21)25/h4-5,7-8,11H,6,9-10,12H2,1-3H3,(H,20,25)/b17-11-. The summed E-state index contributed by atoms with van der Waals surface area (Å²) >= 11 is 1.40. The number of rotatable bonds is 5. The number of fused-ring (bicyclic) bond motifs is 1. The van der Waals surface area contributed by atoms with Crippen molar-refractivity contribution in [3.8, 4) is 0 Å². The minimum Gasteiger partial charge on any atom is -0.306 e. The van der Waals surface area contributed by atoms with Crippen LogP contribution in [0.2, 0.25) is 0 Å². The molecular formula is C19H23N3O3S. The number of para-hydroxylation sites is 2. The lowest BCUT2D eigenvalue weighted by Gasteiger charge is -2.19. The predicted molar refractivity (Wildman–Crippen MR) is 104 cm³/mol. The molecule has 2 heterocycles. The molecule has 0 saturated carbocycles. The van der Waals surface area contributed by atoms with Gasteiger partial charge in [-0.1, -0.05) is 44.7 Å². The van der Waals surface area contributed by atoms with Crippen molar-refractivity contribution in [2.24, 2.45) is 5.41 Å². The number of nitrogens with one attached hydrogen (secondary N) is 1. The Morgan fingerprint density at radius 1 is 1.23 bits per heavy atom. The molecule has 0 radical (unpaired) electrons. The number of thioether (sulfide) groups is 1. The molecule has 1 aromatic carbocycles. The summed E-state index contributed by atoms with van der Waals surface area (Å²) in [6.07, 6.45) is 2.21. The molecule has 0 atom stereocenters. The first-order valence-electron chi connectivity index (χ1n) is 8.64. The first kappa shape index (κ1) is 18.5. The first-order chi connectivity index (χ1) is 12.3. The number of hydrogen-bond acceptors (Lipinski definition) is 4. The van der Waals surface area contributed by atoms with Gasteiger partial charge in [0.15, 0.2) is 5.78 Å². The molecule has 1 aliphatic heterocycles. The van der Waals surface area contributed by atoms with Gasteiger partial charge >= 0.3 is 5.69 Å². The van der Waals surface area contributed by atoms with Crippen molar-refractivity contribution in [2.45, 2.75) is 33.7 Å². The molecular weight excluding hydrogens is 350 g/mol. The van der Waals surface area contributed by atoms with Crippen molar-refractivity contribution >= 4 is 34.5 Å². The monoisotopic (exact) mass is 373 g/mol. The molecule has 1 saturated heterocycles. The van der Waals surface area contributed by atoms with Crippen LogP contribution in [0, 0.1) is 5.41 Å². The highest BCUT2D eigenvalue weighted by molar-refractivity contribution is 8.04. The van der Waals surface area contributed by atoms with E-state index in [1.165, 1.54) is 11.8 Å². The topological polar surface area (TPSA) is 75.2 Å². The van der Waals surface area contributed by atoms with E-state index < -0.39 is 5.41 Å². The van der Waals surface area contributed by atoms with E-state index in [4.69, 9.17) is 0 Å². The SMILES string of the molecule is CC(C)(C)C(=O)/C=C1\SCC(=O)N1CCCn1c(=O)[nH]c2ccccc21. The zero-order chi connectivity index (χ0) is 18.9. The summed E-state index contributed by atoms with van der Waals surface area (Å²) in [6.45, 7) is 6.59. The zero-order valence-electron chi connectivity index (χ0n) is 15.2. The van der Waals surface area contributed by atoms with E-state index in [-0.39, 0.29) is 17.4 Å². The van der Waals surface area contributed by atoms with Crippen LogP contribution in [0.5, 0.6) is 0 Å². The summed E-state index contributed by atoms with van der Waals surface area (Å²) in [5.74, 6) is 0.373. The van der Waals surface area contributed by atoms with E-state index in [1.807, 2.05) is 45.0 Å². The molecule has 0 spiro atoms. The van der Waals surface area contributed by atoms with Crippen molar-refractivity contribution in [1.29, 1.82) is 0 Å². The molecule has 6 nitrogen and oxygen atoms in total. The number of hydrogen-bond donors (Lipinski definition) is 1. The number of H-pyrrole nitrogens is 1. The van der Waals surface area contributed by atoms with Crippen molar-refractivity contribution < 1.29 is 9.59 Å². The van der Waals surface area contributed by atoms with E-state index in [2.05, 4.69) is 4.98 Å². The van der Waals surface area contributed by atoms with Crippen LogP contribution in [0.15, 0.2) is 40.2 Å². The average Bonchev–Trinajstić information content (AvgIpc) is 3.07. The quantitative estimate of drug-likeness (QED) is 0.818. The molecule has 7 heteroatoms. The Hall–Kier alpha value is -2.28. The number of nitrogens with zero attached hydrogens (tertiary/aromatic N) is 2. The number of allylic oxidation sites excluding steroid dienone is 1. The molecule has 0 bridgehead atoms. The fourth-order valence-corrected chi connectivity index (χ4v) is 3.78. The summed E-state index contributed by atoms with van der Waals surface area (Å²) in [4.78, 5) is 41.0. The minimum absolute atomic E-state index is 0.00699. The molecule has 1 aromatic heterocycles. The van der Waals surface area contributed by atoms with Crippen LogP contribution in [-0.2, 0) is 16.1 Å². The van der Waals surface area contributed by atoms with Gasteiger partial charge in [0.25, 0.3) is 0 Å². The second-order valence-corrected chi connectivity index (χ2v) is 8.38. The van der Waals surface area contributed by atoms with E-state index >= 15 is 0 Å². The maximum atomic E-state index is 12.2. The highest BCUT2D eigenvalue weighted by atomic mass is 32.2. The molecule has 0 aliphatic carbocycles. The number of aromatic nitrogens is 2. The van der Waals surface area contributed by atoms with Crippen LogP contribution in [0.25, 0.3) is 11.0 Å². The van der Waals surface area contributed by atoms with Crippen LogP contribution in [-0.4, -0.2) is 38.4 Å². The number of benzene rings is 1. The number of amides is 1. The third-order valence-electron chi connectivity index (χ3n) is 4.35. The minimum atomic E-state index is -0.470. The van der Waals surface area contributed by atoms with Gasteiger partial charge in [-0.25, -0.2) is 4.79 Å². The Bertz CT molecular complexity index is 933. The lowest BCUT2D eigenvalue weighted by Crippen LogP contribution is -2.28. The third kappa shape index (κ3) is 3.77. The molecule has 0 unspecified atom stereocenters. The number of ketones is 1. The van der Waals surface area contributed by atoms with Crippen molar-refractivity contribution in [3.63, 3.8) is 0 Å². The highest BCUT2D eigenvalue weighted by Crippen LogP contribution is 2.30. The summed E-state index contributed by atoms with van der Waals surface area (Å²) in [7, 11) is 0. The van der Waals surface area contributed by atoms with E-state index in [1.54, 1.807) is 15.5 Å². The maximum Gasteiger partial charge on any atom is 0.326 e. The second-order valence-electron chi connectivity index (χ2n) is 7.38. The number of carbonyl (C=O) groups is 2. The number of imidazole rings is 1. The van der Waals surface area contributed by atoms with Crippen molar-refractivity contribution in [3.05, 3.63) is 45.9 Å². The summed E-state index contributed by atoms with van der Waals surface area (Å²) in [5.41, 5.74) is 1.05. The van der Waals surface area contributed by atoms with Crippen LogP contribution < -0.4 is 5.69 Å². The summed E-state index contributed by atoms with van der Waals surface area (Å²) in [5, 5.41) is 0.709. The molecule has 1 fully saturated rings. The second kappa shape index (κ2) is 7.15. The van der Waals surface area contributed by atoms with Crippen LogP contribution in [0.3, 0.4) is 0 Å². The molecule has 26 heavy (non-hydrogen) atoms. The van der Waals surface area contributed by atoms with Gasteiger partial charge in [0.05, 0.1) is 21.8 Å². The Labute approximate surface area is 156 Å². The number of aryl methyl sites for hydroxylation is 1. The predicted octanol–water partition coefficient (Wildman–Crippen LogP) is 2.75. The van der Waals surface area contributed by atoms with Gasteiger partial charge in [0.1, 0.15) is 0 Å². The normalized spacial score (nSPS) is 16.8. The molecule has 1 N–H and O–H groups in total. The lowest BCUT2D eigenvalue weighted by molar-refractivity contribution is -0.125. The van der Waals surface area contributed by atoms with Crippen LogP contribution >= 0.6 is 11.8 Å². The maximum absolute atomic E-state index is 12.2. The molecule has 2 aromatic rings. The van der Waals surface area contributed by atoms with Crippen LogP contribution in [0.1, 0.15) is 27.2 Å².